The summed E-state index contributed by atoms with van der Waals surface area (Å²) >= 11 is 18.8. The first kappa shape index (κ1) is 33.0. The maximum absolute atomic E-state index is 12.0. The van der Waals surface area contributed by atoms with Crippen molar-refractivity contribution in [2.45, 2.75) is 52.2 Å². The standard InChI is InChI=1S/C27H33Cl3O8S/c1-6-39(33,34)16-22(38-18(3)32)15-36-26-10-8-20(12-24(26)30)27(4,5)19-7-9-25(23(29)11-19)35-14-21(13-28)37-17(2)31/h7-12,21-22H,6,13-16H2,1-5H3/t21-,22-/m0/s1. The molecule has 0 fully saturated rings. The SMILES string of the molecule is CCS(=O)(=O)C[C@H](COc1ccc(C(C)(C)c2ccc(OC[C@H](CCl)OC(C)=O)c(Cl)c2)cc1Cl)OC(C)=O. The Balaban J connectivity index is 2.16. The second kappa shape index (κ2) is 14.4. The zero-order valence-electron chi connectivity index (χ0n) is 22.5. The van der Waals surface area contributed by atoms with E-state index < -0.39 is 39.4 Å². The average Bonchev–Trinajstić information content (AvgIpc) is 2.85. The van der Waals surface area contributed by atoms with Crippen LogP contribution in [0.3, 0.4) is 0 Å². The van der Waals surface area contributed by atoms with E-state index in [1.807, 2.05) is 26.0 Å². The lowest BCUT2D eigenvalue weighted by Gasteiger charge is -2.27. The van der Waals surface area contributed by atoms with Gasteiger partial charge in [0.1, 0.15) is 36.9 Å². The van der Waals surface area contributed by atoms with Gasteiger partial charge in [-0.15, -0.1) is 11.6 Å². The Kier molecular flexibility index (Phi) is 12.2. The molecule has 0 unspecified atom stereocenters. The lowest BCUT2D eigenvalue weighted by molar-refractivity contribution is -0.147. The Morgan fingerprint density at radius 1 is 0.846 bits per heavy atom. The van der Waals surface area contributed by atoms with Gasteiger partial charge in [0, 0.05) is 25.0 Å². The number of sulfone groups is 1. The molecule has 0 heterocycles. The van der Waals surface area contributed by atoms with Gasteiger partial charge in [-0.05, 0) is 35.4 Å². The van der Waals surface area contributed by atoms with Gasteiger partial charge in [-0.25, -0.2) is 8.42 Å². The van der Waals surface area contributed by atoms with Crippen molar-refractivity contribution >= 4 is 56.6 Å². The molecule has 0 amide bonds. The van der Waals surface area contributed by atoms with E-state index in [1.165, 1.54) is 20.8 Å². The second-order valence-corrected chi connectivity index (χ2v) is 12.9. The molecule has 0 saturated heterocycles. The maximum Gasteiger partial charge on any atom is 0.303 e. The van der Waals surface area contributed by atoms with Crippen molar-refractivity contribution < 1.29 is 37.0 Å². The highest BCUT2D eigenvalue weighted by molar-refractivity contribution is 7.91. The molecule has 0 bridgehead atoms. The van der Waals surface area contributed by atoms with Crippen LogP contribution < -0.4 is 9.47 Å². The molecule has 0 aliphatic heterocycles. The number of rotatable bonds is 14. The van der Waals surface area contributed by atoms with Crippen LogP contribution in [0, 0.1) is 0 Å². The number of carbonyl (C=O) groups is 2. The molecule has 2 rings (SSSR count). The van der Waals surface area contributed by atoms with E-state index in [2.05, 4.69) is 0 Å². The van der Waals surface area contributed by atoms with Crippen LogP contribution in [0.5, 0.6) is 11.5 Å². The molecule has 0 N–H and O–H groups in total. The predicted octanol–water partition coefficient (Wildman–Crippen LogP) is 5.61. The van der Waals surface area contributed by atoms with Crippen molar-refractivity contribution in [1.82, 2.24) is 0 Å². The van der Waals surface area contributed by atoms with E-state index in [9.17, 15) is 18.0 Å². The summed E-state index contributed by atoms with van der Waals surface area (Å²) in [5, 5.41) is 0.686. The first-order valence-electron chi connectivity index (χ1n) is 12.1. The quantitative estimate of drug-likeness (QED) is 0.197. The van der Waals surface area contributed by atoms with Crippen molar-refractivity contribution in [2.75, 3.05) is 30.6 Å². The number of benzene rings is 2. The minimum absolute atomic E-state index is 0.0608. The van der Waals surface area contributed by atoms with Crippen LogP contribution in [0.1, 0.15) is 45.7 Å². The van der Waals surface area contributed by atoms with Crippen molar-refractivity contribution in [2.24, 2.45) is 0 Å². The summed E-state index contributed by atoms with van der Waals surface area (Å²) < 4.78 is 45.7. The molecule has 2 atom stereocenters. The maximum atomic E-state index is 12.0. The van der Waals surface area contributed by atoms with E-state index >= 15 is 0 Å². The number of carbonyl (C=O) groups excluding carboxylic acids is 2. The Bertz CT molecular complexity index is 1260. The van der Waals surface area contributed by atoms with Crippen LogP contribution in [0.2, 0.25) is 10.0 Å². The second-order valence-electron chi connectivity index (χ2n) is 9.35. The summed E-state index contributed by atoms with van der Waals surface area (Å²) in [6.45, 7) is 7.93. The van der Waals surface area contributed by atoms with Crippen LogP contribution >= 0.6 is 34.8 Å². The van der Waals surface area contributed by atoms with Gasteiger partial charge in [0.05, 0.1) is 21.7 Å². The molecule has 8 nitrogen and oxygen atoms in total. The van der Waals surface area contributed by atoms with E-state index in [1.54, 1.807) is 24.3 Å². The topological polar surface area (TPSA) is 105 Å². The van der Waals surface area contributed by atoms with E-state index in [0.29, 0.717) is 21.5 Å². The lowest BCUT2D eigenvalue weighted by Crippen LogP contribution is -2.32. The van der Waals surface area contributed by atoms with E-state index in [-0.39, 0.29) is 30.6 Å². The smallest absolute Gasteiger partial charge is 0.303 e. The number of ether oxygens (including phenoxy) is 4. The van der Waals surface area contributed by atoms with Crippen molar-refractivity contribution in [3.05, 3.63) is 57.6 Å². The van der Waals surface area contributed by atoms with E-state index in [4.69, 9.17) is 53.8 Å². The molecule has 0 spiro atoms. The summed E-state index contributed by atoms with van der Waals surface area (Å²) in [5.74, 6) is -0.631. The molecule has 0 aliphatic rings. The molecule has 0 aromatic heterocycles. The fourth-order valence-corrected chi connectivity index (χ4v) is 5.23. The van der Waals surface area contributed by atoms with Gasteiger partial charge < -0.3 is 18.9 Å². The molecule has 12 heteroatoms. The van der Waals surface area contributed by atoms with Gasteiger partial charge >= 0.3 is 11.9 Å². The van der Waals surface area contributed by atoms with Crippen molar-refractivity contribution in [3.8, 4) is 11.5 Å². The summed E-state index contributed by atoms with van der Waals surface area (Å²) in [5.41, 5.74) is 1.24. The highest BCUT2D eigenvalue weighted by Crippen LogP contribution is 2.38. The average molecular weight is 624 g/mol. The number of hydrogen-bond donors (Lipinski definition) is 0. The Hall–Kier alpha value is -2.20. The third kappa shape index (κ3) is 10.0. The Morgan fingerprint density at radius 2 is 1.28 bits per heavy atom. The largest absolute Gasteiger partial charge is 0.488 e. The van der Waals surface area contributed by atoms with Gasteiger partial charge in [0.25, 0.3) is 0 Å². The van der Waals surface area contributed by atoms with Crippen LogP contribution in [0.15, 0.2) is 36.4 Å². The van der Waals surface area contributed by atoms with Gasteiger partial charge in [0.15, 0.2) is 9.84 Å². The zero-order valence-corrected chi connectivity index (χ0v) is 25.5. The molecule has 2 aromatic rings. The van der Waals surface area contributed by atoms with Crippen molar-refractivity contribution in [1.29, 1.82) is 0 Å². The van der Waals surface area contributed by atoms with Gasteiger partial charge in [-0.3, -0.25) is 9.59 Å². The predicted molar refractivity (Wildman–Crippen MR) is 152 cm³/mol. The highest BCUT2D eigenvalue weighted by atomic mass is 35.5. The van der Waals surface area contributed by atoms with Gasteiger partial charge in [0.2, 0.25) is 0 Å². The molecule has 39 heavy (non-hydrogen) atoms. The molecule has 0 saturated carbocycles. The lowest BCUT2D eigenvalue weighted by atomic mass is 9.78. The summed E-state index contributed by atoms with van der Waals surface area (Å²) in [7, 11) is -3.39. The van der Waals surface area contributed by atoms with Crippen LogP contribution in [0.25, 0.3) is 0 Å². The summed E-state index contributed by atoms with van der Waals surface area (Å²) in [6.07, 6.45) is -1.56. The Morgan fingerprint density at radius 3 is 1.67 bits per heavy atom. The minimum atomic E-state index is -3.39. The first-order chi connectivity index (χ1) is 18.2. The third-order valence-corrected chi connectivity index (χ3v) is 8.57. The number of halogens is 3. The fourth-order valence-electron chi connectivity index (χ4n) is 3.64. The monoisotopic (exact) mass is 622 g/mol. The molecule has 0 aliphatic carbocycles. The summed E-state index contributed by atoms with van der Waals surface area (Å²) in [4.78, 5) is 22.6. The molecule has 0 radical (unpaired) electrons. The number of esters is 2. The first-order valence-corrected chi connectivity index (χ1v) is 15.3. The number of alkyl halides is 1. The molecule has 2 aromatic carbocycles. The third-order valence-electron chi connectivity index (χ3n) is 5.87. The molecular formula is C27H33Cl3O8S. The highest BCUT2D eigenvalue weighted by Gasteiger charge is 2.26. The molecular weight excluding hydrogens is 591 g/mol. The van der Waals surface area contributed by atoms with Crippen LogP contribution in [0.4, 0.5) is 0 Å². The van der Waals surface area contributed by atoms with Gasteiger partial charge in [-0.2, -0.15) is 0 Å². The zero-order chi connectivity index (χ0) is 29.4. The van der Waals surface area contributed by atoms with Gasteiger partial charge in [-0.1, -0.05) is 56.1 Å². The van der Waals surface area contributed by atoms with Crippen LogP contribution in [-0.2, 0) is 34.3 Å². The minimum Gasteiger partial charge on any atom is -0.488 e. The fraction of sp³-hybridized carbons (Fsp3) is 0.481. The normalized spacial score (nSPS) is 13.3. The number of hydrogen-bond acceptors (Lipinski definition) is 8. The Labute approximate surface area is 244 Å². The van der Waals surface area contributed by atoms with E-state index in [0.717, 1.165) is 11.1 Å². The van der Waals surface area contributed by atoms with Crippen LogP contribution in [-0.4, -0.2) is 63.2 Å². The van der Waals surface area contributed by atoms with Crippen molar-refractivity contribution in [3.63, 3.8) is 0 Å². The molecule has 216 valence electrons. The summed E-state index contributed by atoms with van der Waals surface area (Å²) in [6, 6.07) is 10.7.